The Bertz CT molecular complexity index is 887. The smallest absolute Gasteiger partial charge is 0.185 e. The maximum absolute atomic E-state index is 11.4. The number of phenolic OH excluding ortho intramolecular Hbond substituents is 1. The molecule has 5 heteroatoms. The number of hydrogen-bond acceptors (Lipinski definition) is 4. The Balaban J connectivity index is 1.83. The third-order valence-corrected chi connectivity index (χ3v) is 4.14. The van der Waals surface area contributed by atoms with Crippen LogP contribution in [-0.2, 0) is 13.0 Å². The summed E-state index contributed by atoms with van der Waals surface area (Å²) in [6.07, 6.45) is 1.65. The molecule has 0 fully saturated rings. The Morgan fingerprint density at radius 1 is 1.08 bits per heavy atom. The minimum Gasteiger partial charge on any atom is -0.504 e. The molecule has 3 aromatic rings. The summed E-state index contributed by atoms with van der Waals surface area (Å²) in [6, 6.07) is 16.0. The second kappa shape index (κ2) is 7.36. The van der Waals surface area contributed by atoms with E-state index in [0.29, 0.717) is 34.6 Å². The van der Waals surface area contributed by atoms with Gasteiger partial charge in [-0.15, -0.1) is 0 Å². The van der Waals surface area contributed by atoms with Crippen molar-refractivity contribution in [1.82, 2.24) is 0 Å². The van der Waals surface area contributed by atoms with Gasteiger partial charge in [-0.1, -0.05) is 36.4 Å². The van der Waals surface area contributed by atoms with Gasteiger partial charge in [-0.05, 0) is 27.6 Å². The summed E-state index contributed by atoms with van der Waals surface area (Å²) in [6.45, 7) is 0.344. The van der Waals surface area contributed by atoms with Crippen molar-refractivity contribution in [2.24, 2.45) is 0 Å². The molecule has 122 valence electrons. The van der Waals surface area contributed by atoms with Crippen LogP contribution in [0, 0.1) is 0 Å². The van der Waals surface area contributed by atoms with E-state index < -0.39 is 0 Å². The molecule has 0 saturated heterocycles. The highest BCUT2D eigenvalue weighted by Crippen LogP contribution is 2.38. The molecule has 2 aromatic carbocycles. The summed E-state index contributed by atoms with van der Waals surface area (Å²) in [5, 5.41) is 10.5. The lowest BCUT2D eigenvalue weighted by molar-refractivity contribution is 0.286. The molecule has 0 aliphatic carbocycles. The molecule has 24 heavy (non-hydrogen) atoms. The topological polar surface area (TPSA) is 59.7 Å². The maximum atomic E-state index is 11.4. The molecule has 0 spiro atoms. The lowest BCUT2D eigenvalue weighted by Gasteiger charge is -2.13. The van der Waals surface area contributed by atoms with Crippen molar-refractivity contribution in [3.63, 3.8) is 0 Å². The predicted octanol–water partition coefficient (Wildman–Crippen LogP) is 4.28. The van der Waals surface area contributed by atoms with Crippen LogP contribution in [0.1, 0.15) is 16.9 Å². The quantitative estimate of drug-likeness (QED) is 0.710. The first-order valence-electron chi connectivity index (χ1n) is 7.38. The fourth-order valence-corrected chi connectivity index (χ4v) is 2.74. The van der Waals surface area contributed by atoms with Crippen molar-refractivity contribution in [1.29, 1.82) is 0 Å². The van der Waals surface area contributed by atoms with Crippen molar-refractivity contribution in [3.8, 4) is 11.5 Å². The normalized spacial score (nSPS) is 10.5. The van der Waals surface area contributed by atoms with Gasteiger partial charge in [0.25, 0.3) is 0 Å². The van der Waals surface area contributed by atoms with E-state index in [1.54, 1.807) is 12.1 Å². The second-order valence-corrected chi connectivity index (χ2v) is 6.12. The molecule has 1 heterocycles. The zero-order valence-corrected chi connectivity index (χ0v) is 14.3. The lowest BCUT2D eigenvalue weighted by atomic mass is 10.1. The number of benzene rings is 2. The van der Waals surface area contributed by atoms with Crippen molar-refractivity contribution in [2.75, 3.05) is 0 Å². The third-order valence-electron chi connectivity index (χ3n) is 3.51. The number of ether oxygens (including phenoxy) is 1. The SMILES string of the molecule is O=c1ccoc(Cc2ccc(Br)c(OCc3ccccc3)c2O)c1. The van der Waals surface area contributed by atoms with E-state index in [9.17, 15) is 9.90 Å². The van der Waals surface area contributed by atoms with Crippen LogP contribution >= 0.6 is 15.9 Å². The summed E-state index contributed by atoms with van der Waals surface area (Å²) in [4.78, 5) is 11.4. The second-order valence-electron chi connectivity index (χ2n) is 5.27. The largest absolute Gasteiger partial charge is 0.504 e. The van der Waals surface area contributed by atoms with Crippen molar-refractivity contribution in [2.45, 2.75) is 13.0 Å². The summed E-state index contributed by atoms with van der Waals surface area (Å²) >= 11 is 3.39. The average molecular weight is 387 g/mol. The first kappa shape index (κ1) is 16.3. The highest BCUT2D eigenvalue weighted by atomic mass is 79.9. The van der Waals surface area contributed by atoms with Crippen molar-refractivity contribution >= 4 is 15.9 Å². The average Bonchev–Trinajstić information content (AvgIpc) is 2.58. The molecular weight excluding hydrogens is 372 g/mol. The number of hydrogen-bond donors (Lipinski definition) is 1. The van der Waals surface area contributed by atoms with Gasteiger partial charge in [-0.3, -0.25) is 4.79 Å². The van der Waals surface area contributed by atoms with E-state index in [0.717, 1.165) is 5.56 Å². The van der Waals surface area contributed by atoms with Crippen LogP contribution in [-0.4, -0.2) is 5.11 Å². The monoisotopic (exact) mass is 386 g/mol. The van der Waals surface area contributed by atoms with Crippen LogP contribution in [0.5, 0.6) is 11.5 Å². The van der Waals surface area contributed by atoms with Gasteiger partial charge in [0.2, 0.25) is 0 Å². The molecule has 0 aliphatic heterocycles. The molecule has 0 radical (unpaired) electrons. The van der Waals surface area contributed by atoms with Crippen LogP contribution < -0.4 is 10.2 Å². The number of halogens is 1. The first-order valence-corrected chi connectivity index (χ1v) is 8.17. The lowest BCUT2D eigenvalue weighted by Crippen LogP contribution is -2.01. The molecule has 3 rings (SSSR count). The van der Waals surface area contributed by atoms with Gasteiger partial charge in [-0.25, -0.2) is 0 Å². The fourth-order valence-electron chi connectivity index (χ4n) is 2.31. The van der Waals surface area contributed by atoms with Crippen LogP contribution in [0.3, 0.4) is 0 Å². The Hall–Kier alpha value is -2.53. The maximum Gasteiger partial charge on any atom is 0.185 e. The number of rotatable bonds is 5. The van der Waals surface area contributed by atoms with Crippen LogP contribution in [0.25, 0.3) is 0 Å². The Labute approximate surface area is 147 Å². The molecule has 0 amide bonds. The van der Waals surface area contributed by atoms with Gasteiger partial charge in [0, 0.05) is 24.1 Å². The molecule has 0 atom stereocenters. The molecule has 1 N–H and O–H groups in total. The van der Waals surface area contributed by atoms with E-state index in [-0.39, 0.29) is 11.2 Å². The van der Waals surface area contributed by atoms with E-state index in [2.05, 4.69) is 15.9 Å². The zero-order valence-electron chi connectivity index (χ0n) is 12.7. The minimum absolute atomic E-state index is 0.0341. The number of aromatic hydroxyl groups is 1. The summed E-state index contributed by atoms with van der Waals surface area (Å²) < 4.78 is 11.7. The van der Waals surface area contributed by atoms with Crippen LogP contribution in [0.15, 0.2) is 74.5 Å². The predicted molar refractivity (Wildman–Crippen MR) is 94.4 cm³/mol. The molecule has 0 unspecified atom stereocenters. The first-order chi connectivity index (χ1) is 11.6. The van der Waals surface area contributed by atoms with Gasteiger partial charge in [-0.2, -0.15) is 0 Å². The van der Waals surface area contributed by atoms with Gasteiger partial charge >= 0.3 is 0 Å². The number of phenols is 1. The molecule has 0 saturated carbocycles. The molecule has 4 nitrogen and oxygen atoms in total. The standard InChI is InChI=1S/C19H15BrO4/c20-17-7-6-14(10-16-11-15(21)8-9-23-16)18(22)19(17)24-12-13-4-2-1-3-5-13/h1-9,11,22H,10,12H2. The highest BCUT2D eigenvalue weighted by Gasteiger charge is 2.14. The van der Waals surface area contributed by atoms with Crippen LogP contribution in [0.4, 0.5) is 0 Å². The summed E-state index contributed by atoms with van der Waals surface area (Å²) in [5.41, 5.74) is 1.49. The Morgan fingerprint density at radius 3 is 2.62 bits per heavy atom. The molecule has 0 bridgehead atoms. The van der Waals surface area contributed by atoms with E-state index in [1.165, 1.54) is 18.4 Å². The van der Waals surface area contributed by atoms with E-state index in [1.807, 2.05) is 30.3 Å². The summed E-state index contributed by atoms with van der Waals surface area (Å²) in [7, 11) is 0. The molecular formula is C19H15BrO4. The summed E-state index contributed by atoms with van der Waals surface area (Å²) in [5.74, 6) is 0.885. The van der Waals surface area contributed by atoms with Gasteiger partial charge in [0.15, 0.2) is 16.9 Å². The van der Waals surface area contributed by atoms with Gasteiger partial charge in [0.05, 0.1) is 10.7 Å². The van der Waals surface area contributed by atoms with Crippen molar-refractivity contribution in [3.05, 3.63) is 92.4 Å². The minimum atomic E-state index is -0.131. The fraction of sp³-hybridized carbons (Fsp3) is 0.105. The Morgan fingerprint density at radius 2 is 1.88 bits per heavy atom. The third kappa shape index (κ3) is 3.86. The zero-order chi connectivity index (χ0) is 16.9. The van der Waals surface area contributed by atoms with E-state index in [4.69, 9.17) is 9.15 Å². The van der Waals surface area contributed by atoms with E-state index >= 15 is 0 Å². The van der Waals surface area contributed by atoms with Gasteiger partial charge < -0.3 is 14.3 Å². The van der Waals surface area contributed by atoms with Crippen LogP contribution in [0.2, 0.25) is 0 Å². The van der Waals surface area contributed by atoms with Gasteiger partial charge in [0.1, 0.15) is 12.4 Å². The van der Waals surface area contributed by atoms with Crippen molar-refractivity contribution < 1.29 is 14.3 Å². The molecule has 0 aliphatic rings. The Kier molecular flexibility index (Phi) is 5.01. The highest BCUT2D eigenvalue weighted by molar-refractivity contribution is 9.10. The molecule has 1 aromatic heterocycles.